The molecule has 28 heavy (non-hydrogen) atoms. The minimum atomic E-state index is -0.408. The minimum Gasteiger partial charge on any atom is -0.496 e. The van der Waals surface area contributed by atoms with Crippen LogP contribution in [0.1, 0.15) is 24.8 Å². The van der Waals surface area contributed by atoms with Crippen molar-refractivity contribution in [3.8, 4) is 17.1 Å². The molecule has 1 N–H and O–H groups in total. The van der Waals surface area contributed by atoms with Crippen LogP contribution in [0.2, 0.25) is 0 Å². The van der Waals surface area contributed by atoms with E-state index in [0.29, 0.717) is 41.7 Å². The molecule has 2 heterocycles. The molecule has 0 saturated carbocycles. The molecule has 0 radical (unpaired) electrons. The third-order valence-electron chi connectivity index (χ3n) is 4.66. The summed E-state index contributed by atoms with van der Waals surface area (Å²) in [5.41, 5.74) is 1.12. The number of aromatic nitrogens is 2. The zero-order valence-corrected chi connectivity index (χ0v) is 15.3. The van der Waals surface area contributed by atoms with Gasteiger partial charge in [-0.3, -0.25) is 0 Å². The van der Waals surface area contributed by atoms with Crippen LogP contribution in [0.5, 0.6) is 5.75 Å². The van der Waals surface area contributed by atoms with E-state index < -0.39 is 5.82 Å². The predicted molar refractivity (Wildman–Crippen MR) is 100 cm³/mol. The third kappa shape index (κ3) is 3.53. The maximum absolute atomic E-state index is 13.4. The van der Waals surface area contributed by atoms with Crippen LogP contribution < -0.4 is 10.1 Å². The first kappa shape index (κ1) is 18.0. The van der Waals surface area contributed by atoms with Gasteiger partial charge in [0, 0.05) is 12.2 Å². The van der Waals surface area contributed by atoms with Crippen LogP contribution in [0, 0.1) is 5.82 Å². The van der Waals surface area contributed by atoms with Gasteiger partial charge < -0.3 is 19.5 Å². The molecule has 0 spiro atoms. The number of para-hydroxylation sites is 1. The van der Waals surface area contributed by atoms with Crippen molar-refractivity contribution in [2.75, 3.05) is 19.0 Å². The van der Waals surface area contributed by atoms with E-state index in [4.69, 9.17) is 9.26 Å². The van der Waals surface area contributed by atoms with E-state index in [1.54, 1.807) is 24.1 Å². The molecular formula is C20H19FN4O3. The number of nitrogens with zero attached hydrogens (tertiary/aromatic N) is 3. The number of rotatable bonds is 4. The highest BCUT2D eigenvalue weighted by molar-refractivity contribution is 5.89. The largest absolute Gasteiger partial charge is 0.496 e. The molecule has 1 aliphatic heterocycles. The first-order chi connectivity index (χ1) is 13.7. The van der Waals surface area contributed by atoms with Crippen molar-refractivity contribution in [3.63, 3.8) is 0 Å². The van der Waals surface area contributed by atoms with E-state index in [2.05, 4.69) is 15.5 Å². The smallest absolute Gasteiger partial charge is 0.322 e. The summed E-state index contributed by atoms with van der Waals surface area (Å²) in [5.74, 6) is 1.01. The molecule has 2 aromatic carbocycles. The van der Waals surface area contributed by atoms with Gasteiger partial charge in [-0.25, -0.2) is 9.18 Å². The SMILES string of the molecule is COc1ccccc1-c1noc([C@@H]2CCCN2C(=O)Nc2cccc(F)c2)n1. The van der Waals surface area contributed by atoms with Crippen LogP contribution in [0.4, 0.5) is 14.9 Å². The van der Waals surface area contributed by atoms with Crippen molar-refractivity contribution in [2.45, 2.75) is 18.9 Å². The number of hydrogen-bond acceptors (Lipinski definition) is 5. The van der Waals surface area contributed by atoms with Crippen molar-refractivity contribution in [3.05, 3.63) is 60.2 Å². The molecule has 144 valence electrons. The third-order valence-corrected chi connectivity index (χ3v) is 4.66. The number of nitrogens with one attached hydrogen (secondary N) is 1. The molecule has 1 saturated heterocycles. The quantitative estimate of drug-likeness (QED) is 0.729. The number of hydrogen-bond donors (Lipinski definition) is 1. The molecule has 1 fully saturated rings. The number of methoxy groups -OCH3 is 1. The Bertz CT molecular complexity index is 991. The number of benzene rings is 2. The maximum Gasteiger partial charge on any atom is 0.322 e. The fourth-order valence-electron chi connectivity index (χ4n) is 3.34. The van der Waals surface area contributed by atoms with E-state index in [1.807, 2.05) is 24.3 Å². The van der Waals surface area contributed by atoms with Gasteiger partial charge in [-0.05, 0) is 43.2 Å². The van der Waals surface area contributed by atoms with E-state index >= 15 is 0 Å². The van der Waals surface area contributed by atoms with Crippen molar-refractivity contribution >= 4 is 11.7 Å². The molecule has 7 nitrogen and oxygen atoms in total. The van der Waals surface area contributed by atoms with E-state index in [-0.39, 0.29) is 12.1 Å². The lowest BCUT2D eigenvalue weighted by Gasteiger charge is -2.22. The van der Waals surface area contributed by atoms with Crippen LogP contribution in [0.15, 0.2) is 53.1 Å². The number of anilines is 1. The van der Waals surface area contributed by atoms with Crippen molar-refractivity contribution < 1.29 is 18.4 Å². The van der Waals surface area contributed by atoms with Crippen LogP contribution in [0.3, 0.4) is 0 Å². The maximum atomic E-state index is 13.4. The molecule has 8 heteroatoms. The van der Waals surface area contributed by atoms with Gasteiger partial charge in [0.2, 0.25) is 11.7 Å². The van der Waals surface area contributed by atoms with Gasteiger partial charge in [-0.2, -0.15) is 4.98 Å². The Kier molecular flexibility index (Phi) is 4.92. The Morgan fingerprint density at radius 2 is 2.14 bits per heavy atom. The number of carbonyl (C=O) groups is 1. The first-order valence-corrected chi connectivity index (χ1v) is 8.96. The second-order valence-electron chi connectivity index (χ2n) is 6.45. The fourth-order valence-corrected chi connectivity index (χ4v) is 3.34. The zero-order chi connectivity index (χ0) is 19.5. The van der Waals surface area contributed by atoms with Gasteiger partial charge in [0.05, 0.1) is 12.7 Å². The number of amides is 2. The molecule has 2 amide bonds. The average molecular weight is 382 g/mol. The van der Waals surface area contributed by atoms with E-state index in [9.17, 15) is 9.18 Å². The second kappa shape index (κ2) is 7.67. The summed E-state index contributed by atoms with van der Waals surface area (Å²) in [5, 5.41) is 6.77. The van der Waals surface area contributed by atoms with Gasteiger partial charge in [-0.1, -0.05) is 23.4 Å². The minimum absolute atomic E-state index is 0.329. The first-order valence-electron chi connectivity index (χ1n) is 8.96. The summed E-state index contributed by atoms with van der Waals surface area (Å²) >= 11 is 0. The molecule has 1 aromatic heterocycles. The second-order valence-corrected chi connectivity index (χ2v) is 6.45. The number of carbonyl (C=O) groups excluding carboxylic acids is 1. The lowest BCUT2D eigenvalue weighted by Crippen LogP contribution is -2.34. The zero-order valence-electron chi connectivity index (χ0n) is 15.3. The molecule has 0 aliphatic carbocycles. The molecule has 1 aliphatic rings. The number of halogens is 1. The van der Waals surface area contributed by atoms with Crippen molar-refractivity contribution in [1.29, 1.82) is 0 Å². The van der Waals surface area contributed by atoms with Crippen molar-refractivity contribution in [2.24, 2.45) is 0 Å². The summed E-state index contributed by atoms with van der Waals surface area (Å²) < 4.78 is 24.2. The highest BCUT2D eigenvalue weighted by Gasteiger charge is 2.34. The van der Waals surface area contributed by atoms with Gasteiger partial charge in [-0.15, -0.1) is 0 Å². The summed E-state index contributed by atoms with van der Waals surface area (Å²) in [4.78, 5) is 18.8. The van der Waals surface area contributed by atoms with E-state index in [1.165, 1.54) is 12.1 Å². The molecule has 3 aromatic rings. The van der Waals surface area contributed by atoms with Crippen LogP contribution in [0.25, 0.3) is 11.4 Å². The standard InChI is InChI=1S/C20H19FN4O3/c1-27-17-10-3-2-8-15(17)18-23-19(28-24-18)16-9-5-11-25(16)20(26)22-14-7-4-6-13(21)12-14/h2-4,6-8,10,12,16H,5,9,11H2,1H3,(H,22,26)/t16-/m0/s1. The summed E-state index contributed by atoms with van der Waals surface area (Å²) in [6, 6.07) is 12.5. The molecule has 0 unspecified atom stereocenters. The van der Waals surface area contributed by atoms with Crippen LogP contribution in [-0.2, 0) is 0 Å². The lowest BCUT2D eigenvalue weighted by atomic mass is 10.2. The molecular weight excluding hydrogens is 363 g/mol. The number of urea groups is 1. The van der Waals surface area contributed by atoms with Gasteiger partial charge >= 0.3 is 6.03 Å². The highest BCUT2D eigenvalue weighted by atomic mass is 19.1. The van der Waals surface area contributed by atoms with Crippen molar-refractivity contribution in [1.82, 2.24) is 15.0 Å². The predicted octanol–water partition coefficient (Wildman–Crippen LogP) is 4.25. The van der Waals surface area contributed by atoms with E-state index in [0.717, 1.165) is 6.42 Å². The Balaban J connectivity index is 1.54. The normalized spacial score (nSPS) is 16.2. The Morgan fingerprint density at radius 3 is 2.96 bits per heavy atom. The summed E-state index contributed by atoms with van der Waals surface area (Å²) in [6.45, 7) is 0.554. The van der Waals surface area contributed by atoms with Gasteiger partial charge in [0.25, 0.3) is 0 Å². The Labute approximate surface area is 161 Å². The van der Waals surface area contributed by atoms with Gasteiger partial charge in [0.15, 0.2) is 0 Å². The number of likely N-dealkylation sites (tertiary alicyclic amines) is 1. The molecule has 4 rings (SSSR count). The van der Waals surface area contributed by atoms with Crippen LogP contribution >= 0.6 is 0 Å². The summed E-state index contributed by atoms with van der Waals surface area (Å²) in [6.07, 6.45) is 1.53. The Hall–Kier alpha value is -3.42. The van der Waals surface area contributed by atoms with Crippen LogP contribution in [-0.4, -0.2) is 34.7 Å². The summed E-state index contributed by atoms with van der Waals surface area (Å²) in [7, 11) is 1.58. The fraction of sp³-hybridized carbons (Fsp3) is 0.250. The van der Waals surface area contributed by atoms with Gasteiger partial charge in [0.1, 0.15) is 17.6 Å². The highest BCUT2D eigenvalue weighted by Crippen LogP contribution is 2.34. The number of ether oxygens (including phenoxy) is 1. The molecule has 0 bridgehead atoms. The topological polar surface area (TPSA) is 80.5 Å². The Morgan fingerprint density at radius 1 is 1.29 bits per heavy atom. The average Bonchev–Trinajstić information content (AvgIpc) is 3.37. The lowest BCUT2D eigenvalue weighted by molar-refractivity contribution is 0.193. The monoisotopic (exact) mass is 382 g/mol. The molecule has 1 atom stereocenters.